The van der Waals surface area contributed by atoms with Crippen molar-refractivity contribution >= 4 is 29.0 Å². The lowest BCUT2D eigenvalue weighted by atomic mass is 9.85. The monoisotopic (exact) mass is 552 g/mol. The minimum atomic E-state index is -0.902. The van der Waals surface area contributed by atoms with Gasteiger partial charge in [0, 0.05) is 6.42 Å². The number of methoxy groups -OCH3 is 1. The molecule has 3 aliphatic rings. The van der Waals surface area contributed by atoms with Crippen LogP contribution >= 0.6 is 0 Å². The average Bonchev–Trinajstić information content (AvgIpc) is 3.49. The Balaban J connectivity index is 1.49. The molecule has 2 unspecified atom stereocenters. The van der Waals surface area contributed by atoms with Crippen molar-refractivity contribution in [2.45, 2.75) is 96.9 Å². The van der Waals surface area contributed by atoms with E-state index >= 15 is 0 Å². The van der Waals surface area contributed by atoms with Gasteiger partial charge < -0.3 is 24.4 Å². The molecule has 1 saturated carbocycles. The number of aromatic nitrogens is 2. The van der Waals surface area contributed by atoms with E-state index in [1.165, 1.54) is 12.0 Å². The Morgan fingerprint density at radius 2 is 1.88 bits per heavy atom. The van der Waals surface area contributed by atoms with Gasteiger partial charge in [0.1, 0.15) is 30.0 Å². The molecule has 2 aliphatic heterocycles. The van der Waals surface area contributed by atoms with Crippen molar-refractivity contribution in [3.63, 3.8) is 0 Å². The molecule has 5 atom stereocenters. The summed E-state index contributed by atoms with van der Waals surface area (Å²) in [6.45, 7) is 7.78. The van der Waals surface area contributed by atoms with Crippen molar-refractivity contribution in [3.05, 3.63) is 29.5 Å². The van der Waals surface area contributed by atoms with Crippen LogP contribution in [0.25, 0.3) is 11.0 Å². The topological polar surface area (TPSA) is 120 Å². The summed E-state index contributed by atoms with van der Waals surface area (Å²) in [5.41, 5.74) is 2.78. The predicted molar refractivity (Wildman–Crippen MR) is 148 cm³/mol. The Kier molecular flexibility index (Phi) is 7.88. The van der Waals surface area contributed by atoms with Gasteiger partial charge in [-0.15, -0.1) is 0 Å². The van der Waals surface area contributed by atoms with Crippen LogP contribution in [0.2, 0.25) is 0 Å². The van der Waals surface area contributed by atoms with Gasteiger partial charge in [-0.2, -0.15) is 0 Å². The molecule has 2 bridgehead atoms. The van der Waals surface area contributed by atoms with E-state index in [9.17, 15) is 14.4 Å². The number of amides is 2. The highest BCUT2D eigenvalue weighted by Gasteiger charge is 2.47. The second kappa shape index (κ2) is 11.2. The fourth-order valence-corrected chi connectivity index (χ4v) is 5.73. The molecule has 1 aromatic heterocycles. The van der Waals surface area contributed by atoms with Crippen molar-refractivity contribution in [3.8, 4) is 5.88 Å². The van der Waals surface area contributed by atoms with Crippen LogP contribution in [0.1, 0.15) is 70.6 Å². The largest absolute Gasteiger partial charge is 0.471 e. The van der Waals surface area contributed by atoms with E-state index < -0.39 is 35.7 Å². The normalized spacial score (nSPS) is 27.8. The molecule has 1 aromatic carbocycles. The van der Waals surface area contributed by atoms with Crippen molar-refractivity contribution in [2.75, 3.05) is 13.7 Å². The molecule has 1 saturated heterocycles. The zero-order valence-electron chi connectivity index (χ0n) is 24.1. The van der Waals surface area contributed by atoms with E-state index in [2.05, 4.69) is 5.32 Å². The quantitative estimate of drug-likeness (QED) is 0.525. The van der Waals surface area contributed by atoms with E-state index in [-0.39, 0.29) is 25.0 Å². The van der Waals surface area contributed by atoms with Crippen LogP contribution in [0.5, 0.6) is 5.88 Å². The molecule has 10 nitrogen and oxygen atoms in total. The van der Waals surface area contributed by atoms with Crippen molar-refractivity contribution in [1.82, 2.24) is 20.2 Å². The third kappa shape index (κ3) is 6.15. The number of ether oxygens (including phenoxy) is 3. The van der Waals surface area contributed by atoms with Crippen LogP contribution in [-0.2, 0) is 25.5 Å². The molecule has 216 valence electrons. The second-order valence-corrected chi connectivity index (χ2v) is 12.5. The molecule has 1 aliphatic carbocycles. The summed E-state index contributed by atoms with van der Waals surface area (Å²) in [6.07, 6.45) is 4.54. The molecule has 40 heavy (non-hydrogen) atoms. The summed E-state index contributed by atoms with van der Waals surface area (Å²) < 4.78 is 17.1. The first-order chi connectivity index (χ1) is 19.0. The van der Waals surface area contributed by atoms with Crippen LogP contribution in [0.15, 0.2) is 18.2 Å². The minimum absolute atomic E-state index is 0.122. The Hall–Kier alpha value is -3.43. The highest BCUT2D eigenvalue weighted by Crippen LogP contribution is 2.39. The zero-order chi connectivity index (χ0) is 28.6. The lowest BCUT2D eigenvalue weighted by Gasteiger charge is -2.34. The van der Waals surface area contributed by atoms with Crippen molar-refractivity contribution in [2.24, 2.45) is 11.3 Å². The number of hydrogen-bond donors (Lipinski definition) is 1. The van der Waals surface area contributed by atoms with Crippen LogP contribution in [-0.4, -0.2) is 70.8 Å². The lowest BCUT2D eigenvalue weighted by Crippen LogP contribution is -2.57. The van der Waals surface area contributed by atoms with Gasteiger partial charge in [0.25, 0.3) is 0 Å². The van der Waals surface area contributed by atoms with Gasteiger partial charge in [0.2, 0.25) is 11.8 Å². The third-order valence-corrected chi connectivity index (χ3v) is 8.13. The number of fused-ring (bicyclic) bond motifs is 5. The van der Waals surface area contributed by atoms with E-state index in [1.54, 1.807) is 0 Å². The highest BCUT2D eigenvalue weighted by molar-refractivity contribution is 5.91. The molecule has 3 heterocycles. The fraction of sp³-hybridized carbons (Fsp3) is 0.633. The highest BCUT2D eigenvalue weighted by atomic mass is 16.6. The molecule has 10 heteroatoms. The van der Waals surface area contributed by atoms with Gasteiger partial charge in [0.15, 0.2) is 0 Å². The minimum Gasteiger partial charge on any atom is -0.471 e. The van der Waals surface area contributed by atoms with Crippen LogP contribution in [0.4, 0.5) is 4.79 Å². The molecular formula is C30H40N4O6. The van der Waals surface area contributed by atoms with Crippen LogP contribution in [0, 0.1) is 18.3 Å². The number of esters is 1. The molecule has 0 spiro atoms. The zero-order valence-corrected chi connectivity index (χ0v) is 24.1. The number of alkyl carbamates (subject to hydrolysis) is 1. The molecule has 2 fully saturated rings. The van der Waals surface area contributed by atoms with E-state index in [0.717, 1.165) is 54.4 Å². The van der Waals surface area contributed by atoms with Gasteiger partial charge >= 0.3 is 12.1 Å². The number of carbonyl (C=O) groups is 3. The maximum absolute atomic E-state index is 13.9. The van der Waals surface area contributed by atoms with Gasteiger partial charge in [-0.3, -0.25) is 4.79 Å². The van der Waals surface area contributed by atoms with Gasteiger partial charge in [-0.25, -0.2) is 19.6 Å². The first kappa shape index (κ1) is 28.1. The molecule has 2 aromatic rings. The number of nitrogens with one attached hydrogen (secondary N) is 1. The van der Waals surface area contributed by atoms with Gasteiger partial charge in [-0.05, 0) is 61.6 Å². The van der Waals surface area contributed by atoms with E-state index in [0.29, 0.717) is 18.2 Å². The first-order valence-corrected chi connectivity index (χ1v) is 14.3. The average molecular weight is 553 g/mol. The number of nitrogens with zero attached hydrogens (tertiary/aromatic N) is 3. The molecule has 0 radical (unpaired) electrons. The Morgan fingerprint density at radius 3 is 2.62 bits per heavy atom. The van der Waals surface area contributed by atoms with E-state index in [4.69, 9.17) is 24.2 Å². The second-order valence-electron chi connectivity index (χ2n) is 12.5. The van der Waals surface area contributed by atoms with Crippen LogP contribution in [0.3, 0.4) is 0 Å². The van der Waals surface area contributed by atoms with Gasteiger partial charge in [0.05, 0.1) is 24.7 Å². The number of hydrogen-bond acceptors (Lipinski definition) is 8. The van der Waals surface area contributed by atoms with E-state index in [1.807, 2.05) is 45.9 Å². The summed E-state index contributed by atoms with van der Waals surface area (Å²) in [6, 6.07) is 4.22. The maximum Gasteiger partial charge on any atom is 0.408 e. The first-order valence-electron chi connectivity index (χ1n) is 14.3. The predicted octanol–water partition coefficient (Wildman–Crippen LogP) is 4.11. The molecule has 5 rings (SSSR count). The summed E-state index contributed by atoms with van der Waals surface area (Å²) in [5, 5.41) is 2.80. The summed E-state index contributed by atoms with van der Waals surface area (Å²) in [5.74, 6) is -0.112. The standard InChI is InChI=1S/C30H40N4O6/c1-17-11-12-20-22(13-17)32-26-21(31-20)10-8-6-7-9-18-14-24(18)40-29(37)33-25(30(2,3)4)27(35)34-16-19(39-26)15-23(34)28(36)38-5/h11-13,18-19,23-25H,6-10,14-16H2,1-5H3,(H,33,37)/t18-,19?,23+,24?,25-/m1/s1. The maximum atomic E-state index is 13.9. The summed E-state index contributed by atoms with van der Waals surface area (Å²) in [7, 11) is 1.30. The van der Waals surface area contributed by atoms with Gasteiger partial charge in [-0.1, -0.05) is 39.7 Å². The number of carbonyl (C=O) groups excluding carboxylic acids is 3. The SMILES string of the molecule is COC(=O)[C@@H]1CC2CN1C(=O)[C@H](C(C)(C)C)NC(=O)OC1C[C@H]1CCCCCc1nc3ccc(C)cc3nc1O2. The smallest absolute Gasteiger partial charge is 0.408 e. The lowest BCUT2D eigenvalue weighted by molar-refractivity contribution is -0.152. The Labute approximate surface area is 235 Å². The molecule has 1 N–H and O–H groups in total. The number of benzene rings is 1. The van der Waals surface area contributed by atoms with Crippen molar-refractivity contribution < 1.29 is 28.6 Å². The van der Waals surface area contributed by atoms with Crippen LogP contribution < -0.4 is 10.1 Å². The van der Waals surface area contributed by atoms with Crippen molar-refractivity contribution in [1.29, 1.82) is 0 Å². The molecule has 2 amide bonds. The number of aryl methyl sites for hydroxylation is 2. The fourth-order valence-electron chi connectivity index (χ4n) is 5.73. The third-order valence-electron chi connectivity index (χ3n) is 8.13. The molecular weight excluding hydrogens is 512 g/mol. The summed E-state index contributed by atoms with van der Waals surface area (Å²) in [4.78, 5) is 50.8. The Bertz CT molecular complexity index is 1290. The summed E-state index contributed by atoms with van der Waals surface area (Å²) >= 11 is 0. The Morgan fingerprint density at radius 1 is 1.07 bits per heavy atom. The number of rotatable bonds is 1.